The number of carbonyl (C=O) groups is 5. The maximum atomic E-state index is 11.6. The molecule has 2 saturated heterocycles. The Morgan fingerprint density at radius 2 is 1.04 bits per heavy atom. The van der Waals surface area contributed by atoms with Gasteiger partial charge in [0.15, 0.2) is 0 Å². The van der Waals surface area contributed by atoms with Crippen LogP contribution in [0.4, 0.5) is 0 Å². The van der Waals surface area contributed by atoms with E-state index in [2.05, 4.69) is 171 Å². The number of terminal acetylenes is 2. The first-order chi connectivity index (χ1) is 46.4. The summed E-state index contributed by atoms with van der Waals surface area (Å²) in [5, 5.41) is 15.3. The zero-order valence-electron chi connectivity index (χ0n) is 66.7. The van der Waals surface area contributed by atoms with E-state index in [1.165, 1.54) is 81.1 Å². The Morgan fingerprint density at radius 3 is 1.35 bits per heavy atom. The molecule has 4 amide bonds. The second-order valence-electron chi connectivity index (χ2n) is 21.9. The minimum absolute atomic E-state index is 0. The number of nitrogens with zero attached hydrogens (tertiary/aromatic N) is 2. The number of phenolic OH excluding ortho intramolecular Hbond substituents is 1. The monoisotopic (exact) mass is 1590 g/mol. The number of aryl methyl sites for hydroxylation is 3. The molecule has 3 N–H and O–H groups in total. The van der Waals surface area contributed by atoms with Crippen LogP contribution in [0.3, 0.4) is 0 Å². The number of likely N-dealkylation sites (tertiary alicyclic amines) is 1. The molecule has 13 nitrogen and oxygen atoms in total. The van der Waals surface area contributed by atoms with Gasteiger partial charge in [0, 0.05) is 57.7 Å². The Bertz CT molecular complexity index is 2290. The van der Waals surface area contributed by atoms with Gasteiger partial charge in [-0.05, 0) is 105 Å². The van der Waals surface area contributed by atoms with Crippen molar-refractivity contribution >= 4 is 51.0 Å². The number of furan rings is 1. The highest BCUT2D eigenvalue weighted by Gasteiger charge is 2.59. The summed E-state index contributed by atoms with van der Waals surface area (Å²) < 4.78 is 15.9. The molecule has 4 aliphatic rings. The van der Waals surface area contributed by atoms with Crippen molar-refractivity contribution in [2.24, 2.45) is 11.8 Å². The normalized spacial score (nSPS) is 13.3. The number of hydrogen-bond acceptors (Lipinski definition) is 12. The third kappa shape index (κ3) is 113. The average Bonchev–Trinajstić information content (AvgIpc) is 1.58. The fourth-order valence-electron chi connectivity index (χ4n) is 6.46. The van der Waals surface area contributed by atoms with E-state index in [0.717, 1.165) is 60.8 Å². The van der Waals surface area contributed by atoms with E-state index in [1.807, 2.05) is 99.3 Å². The van der Waals surface area contributed by atoms with Gasteiger partial charge in [0.1, 0.15) is 28.4 Å². The largest absolute Gasteiger partial charge is 0.508 e. The van der Waals surface area contributed by atoms with E-state index in [-0.39, 0.29) is 149 Å². The Balaban J connectivity index is -0.0000000407. The quantitative estimate of drug-likeness (QED) is 0.0640. The van der Waals surface area contributed by atoms with Crippen LogP contribution in [0.1, 0.15) is 381 Å². The maximum Gasteiger partial charge on any atom is 0.235 e. The van der Waals surface area contributed by atoms with Gasteiger partial charge in [0.2, 0.25) is 23.6 Å². The molecule has 0 spiro atoms. The molecule has 7 rings (SSSR count). The fourth-order valence-corrected chi connectivity index (χ4v) is 7.95. The number of Topliss-reactive ketones (excluding diaryl/α,β-unsaturated/α-hetero) is 1. The van der Waals surface area contributed by atoms with Gasteiger partial charge in [-0.25, -0.2) is 4.98 Å². The Labute approximate surface area is 694 Å². The molecule has 5 atom stereocenters. The second kappa shape index (κ2) is 132. The van der Waals surface area contributed by atoms with Crippen LogP contribution in [-0.2, 0) is 46.3 Å². The van der Waals surface area contributed by atoms with Gasteiger partial charge in [0.05, 0.1) is 43.4 Å². The average molecular weight is 1590 g/mol. The van der Waals surface area contributed by atoms with Crippen LogP contribution in [0.2, 0.25) is 0 Å². The summed E-state index contributed by atoms with van der Waals surface area (Å²) in [4.78, 5) is 59.3. The van der Waals surface area contributed by atoms with E-state index in [4.69, 9.17) is 31.8 Å². The Hall–Kier alpha value is -5.76. The molecule has 15 heteroatoms. The molecule has 656 valence electrons. The van der Waals surface area contributed by atoms with Gasteiger partial charge in [-0.15, -0.1) is 18.8 Å². The summed E-state index contributed by atoms with van der Waals surface area (Å²) in [5.41, 5.74) is 2.23. The van der Waals surface area contributed by atoms with E-state index in [1.54, 1.807) is 44.0 Å². The molecule has 5 heterocycles. The SMILES string of the molecule is C.C.C.C.C.C.C.C.C.C.C.C.C#CCNC(=O)CC.C#CCNC(=O)CCC.CCC.CCC.CCC.CCC.CCC.CCC.CCC.CCC.CCC(C)=O.CCOC1C#CCCCCC1.CCSSc1ccccn1.CCc1ccc(O)c(C)c1.CCc1ccco1.CN1C(=O)C2C3C=CC(O3)C2C1=O. The number of imide groups is 1. The maximum absolute atomic E-state index is 11.6. The van der Waals surface area contributed by atoms with Crippen molar-refractivity contribution in [3.05, 3.63) is 90.0 Å². The Kier molecular flexibility index (Phi) is 193. The molecule has 2 aromatic heterocycles. The fraction of sp³-hybridized carbons (Fsp3) is 0.702. The lowest BCUT2D eigenvalue weighted by atomic mass is 9.85. The number of pyridine rings is 1. The van der Waals surface area contributed by atoms with Crippen molar-refractivity contribution in [3.63, 3.8) is 0 Å². The molecule has 1 aromatic carbocycles. The first-order valence-electron chi connectivity index (χ1n) is 36.6. The smallest absolute Gasteiger partial charge is 0.235 e. The molecule has 1 aliphatic carbocycles. The molecule has 2 bridgehead atoms. The van der Waals surface area contributed by atoms with Gasteiger partial charge in [-0.1, -0.05) is 358 Å². The van der Waals surface area contributed by atoms with Gasteiger partial charge in [-0.3, -0.25) is 24.1 Å². The highest BCUT2D eigenvalue weighted by Crippen LogP contribution is 2.44. The van der Waals surface area contributed by atoms with Crippen LogP contribution in [0, 0.1) is 55.3 Å². The number of amides is 4. The molecule has 3 aromatic rings. The van der Waals surface area contributed by atoms with Gasteiger partial charge in [0.25, 0.3) is 0 Å². The molecular weight excluding hydrogens is 1390 g/mol. The van der Waals surface area contributed by atoms with Crippen molar-refractivity contribution in [1.82, 2.24) is 20.5 Å². The number of ketones is 1. The topological polar surface area (TPSA) is 177 Å². The summed E-state index contributed by atoms with van der Waals surface area (Å²) in [5.74, 6) is 13.1. The van der Waals surface area contributed by atoms with Crippen molar-refractivity contribution in [1.29, 1.82) is 0 Å². The zero-order chi connectivity index (χ0) is 76.5. The van der Waals surface area contributed by atoms with Crippen LogP contribution in [-0.4, -0.2) is 95.2 Å². The van der Waals surface area contributed by atoms with Crippen molar-refractivity contribution < 1.29 is 43.0 Å². The minimum Gasteiger partial charge on any atom is -0.508 e. The molecule has 109 heavy (non-hydrogen) atoms. The van der Waals surface area contributed by atoms with E-state index < -0.39 is 0 Å². The summed E-state index contributed by atoms with van der Waals surface area (Å²) in [6.45, 7) is 52.9. The van der Waals surface area contributed by atoms with Gasteiger partial charge in [-0.2, -0.15) is 0 Å². The summed E-state index contributed by atoms with van der Waals surface area (Å²) in [6.07, 6.45) is 37.6. The lowest BCUT2D eigenvalue weighted by molar-refractivity contribution is -0.140. The first kappa shape index (κ1) is 160. The third-order valence-electron chi connectivity index (χ3n) is 10.6. The number of benzene rings is 1. The number of aromatic nitrogens is 1. The van der Waals surface area contributed by atoms with E-state index in [9.17, 15) is 24.0 Å². The first-order valence-corrected chi connectivity index (χ1v) is 38.9. The second-order valence-corrected chi connectivity index (χ2v) is 24.5. The summed E-state index contributed by atoms with van der Waals surface area (Å²) >= 11 is 0. The number of fused-ring (bicyclic) bond motifs is 5. The van der Waals surface area contributed by atoms with Crippen molar-refractivity contribution in [2.45, 2.75) is 408 Å². The van der Waals surface area contributed by atoms with Crippen LogP contribution < -0.4 is 10.6 Å². The minimum atomic E-state index is -0.243. The number of rotatable bonds is 13. The molecular formula is C94H194N4O9S2. The lowest BCUT2D eigenvalue weighted by Crippen LogP contribution is -2.30. The van der Waals surface area contributed by atoms with E-state index in [0.29, 0.717) is 38.1 Å². The van der Waals surface area contributed by atoms with Crippen LogP contribution in [0.25, 0.3) is 0 Å². The van der Waals surface area contributed by atoms with E-state index >= 15 is 0 Å². The molecule has 3 aliphatic heterocycles. The number of aromatic hydroxyl groups is 1. The number of carbonyl (C=O) groups excluding carboxylic acids is 5. The van der Waals surface area contributed by atoms with Crippen LogP contribution in [0.5, 0.6) is 5.75 Å². The molecule has 0 radical (unpaired) electrons. The summed E-state index contributed by atoms with van der Waals surface area (Å²) in [6, 6.07) is 15.5. The number of ether oxygens (including phenoxy) is 2. The number of nitrogens with one attached hydrogen (secondary N) is 2. The van der Waals surface area contributed by atoms with Gasteiger partial charge >= 0.3 is 0 Å². The molecule has 5 unspecified atom stereocenters. The molecule has 2 fully saturated rings. The van der Waals surface area contributed by atoms with Crippen LogP contribution >= 0.6 is 21.6 Å². The lowest BCUT2D eigenvalue weighted by Gasteiger charge is -2.11. The molecule has 0 saturated carbocycles. The van der Waals surface area contributed by atoms with Crippen LogP contribution in [0.15, 0.2) is 82.6 Å². The zero-order valence-corrected chi connectivity index (χ0v) is 68.3. The highest BCUT2D eigenvalue weighted by molar-refractivity contribution is 8.76. The number of phenols is 1. The highest BCUT2D eigenvalue weighted by atomic mass is 33.1. The Morgan fingerprint density at radius 1 is 0.606 bits per heavy atom. The third-order valence-corrected chi connectivity index (χ3v) is 12.9. The predicted molar refractivity (Wildman–Crippen MR) is 506 cm³/mol. The number of hydrogen-bond donors (Lipinski definition) is 3. The van der Waals surface area contributed by atoms with Crippen molar-refractivity contribution in [2.75, 3.05) is 32.5 Å². The standard InChI is InChI=1S/C10H16O.C9H9NO3.C9H12O.C7H11NO.C7H9NS2.C6H9NO.C6H8O.C4H8O.8C3H8.12CH4/c1-2-11-10-8-6-4-3-5-7-9-10;1-10-8(11)6-4-2-3-5(13-4)7(6)9(10)12;1-3-8-4-5-9(10)7(2)6-8;1-3-5-7(9)8-6-4-2;1-2-9-10-7-5-3-4-6-8-7;1-3-5-7-6(8)4-2;1-2-6-4-3-5-7-6;1-3-4(2)5;8*1-3-2;;;;;;;;;;;;/h10H,2-6,8H2,1H3;2-7H,1H3;4-6,10H,3H2,1-2H3;2H,3,5-6H2,1H3,(H,8,9);3-6H,2H2,1H3;1H,4-5H2,2H3,(H,7,8);3-5H,2H2,1H3;3H2,1-2H3;8*3H2,1-2H3;12*1H4. The van der Waals surface area contributed by atoms with Gasteiger partial charge < -0.3 is 34.4 Å². The summed E-state index contributed by atoms with van der Waals surface area (Å²) in [7, 11) is 5.09. The predicted octanol–water partition coefficient (Wildman–Crippen LogP) is 29.5. The van der Waals surface area contributed by atoms with Crippen molar-refractivity contribution in [3.8, 4) is 42.3 Å².